The third kappa shape index (κ3) is 3.75. The van der Waals surface area contributed by atoms with Gasteiger partial charge in [0.1, 0.15) is 16.5 Å². The van der Waals surface area contributed by atoms with Crippen LogP contribution in [0.4, 0.5) is 8.78 Å². The van der Waals surface area contributed by atoms with Crippen molar-refractivity contribution in [2.24, 2.45) is 0 Å². The lowest BCUT2D eigenvalue weighted by molar-refractivity contribution is 0.181. The van der Waals surface area contributed by atoms with Gasteiger partial charge in [-0.2, -0.15) is 9.57 Å². The standard InChI is InChI=1S/C18H17F2N3O2S/c19-16-5-6-18(17(20)11-16)26(24,25)23-9-7-22(8-10-23)13-15-4-2-1-3-14(15)12-21/h1-6,11H,7-10,13H2. The highest BCUT2D eigenvalue weighted by atomic mass is 32.2. The first-order valence-corrected chi connectivity index (χ1v) is 9.51. The maximum Gasteiger partial charge on any atom is 0.246 e. The van der Waals surface area contributed by atoms with Crippen molar-refractivity contribution < 1.29 is 17.2 Å². The Labute approximate surface area is 151 Å². The predicted molar refractivity (Wildman–Crippen MR) is 91.6 cm³/mol. The predicted octanol–water partition coefficient (Wildman–Crippen LogP) is 2.34. The van der Waals surface area contributed by atoms with Gasteiger partial charge in [0, 0.05) is 38.8 Å². The molecular weight excluding hydrogens is 360 g/mol. The SMILES string of the molecule is N#Cc1ccccc1CN1CCN(S(=O)(=O)c2ccc(F)cc2F)CC1. The van der Waals surface area contributed by atoms with E-state index in [1.807, 2.05) is 17.0 Å². The number of hydrogen-bond donors (Lipinski definition) is 0. The molecule has 0 amide bonds. The van der Waals surface area contributed by atoms with Crippen LogP contribution in [0.3, 0.4) is 0 Å². The van der Waals surface area contributed by atoms with E-state index in [0.29, 0.717) is 31.3 Å². The normalized spacial score (nSPS) is 16.3. The Kier molecular flexibility index (Phi) is 5.32. The van der Waals surface area contributed by atoms with Gasteiger partial charge in [-0.1, -0.05) is 18.2 Å². The van der Waals surface area contributed by atoms with Crippen molar-refractivity contribution in [2.45, 2.75) is 11.4 Å². The number of nitriles is 1. The van der Waals surface area contributed by atoms with Gasteiger partial charge in [-0.25, -0.2) is 17.2 Å². The summed E-state index contributed by atoms with van der Waals surface area (Å²) < 4.78 is 53.3. The van der Waals surface area contributed by atoms with E-state index in [0.717, 1.165) is 17.7 Å². The fourth-order valence-corrected chi connectivity index (χ4v) is 4.43. The molecule has 2 aromatic carbocycles. The summed E-state index contributed by atoms with van der Waals surface area (Å²) in [6.07, 6.45) is 0. The van der Waals surface area contributed by atoms with E-state index in [1.165, 1.54) is 4.31 Å². The number of hydrogen-bond acceptors (Lipinski definition) is 4. The average molecular weight is 377 g/mol. The summed E-state index contributed by atoms with van der Waals surface area (Å²) in [4.78, 5) is 1.53. The van der Waals surface area contributed by atoms with E-state index in [1.54, 1.807) is 12.1 Å². The Balaban J connectivity index is 1.69. The molecule has 1 aliphatic heterocycles. The zero-order valence-electron chi connectivity index (χ0n) is 13.9. The topological polar surface area (TPSA) is 64.4 Å². The molecule has 1 heterocycles. The summed E-state index contributed by atoms with van der Waals surface area (Å²) in [5.41, 5.74) is 1.48. The maximum absolute atomic E-state index is 13.9. The Morgan fingerprint density at radius 3 is 2.38 bits per heavy atom. The van der Waals surface area contributed by atoms with E-state index in [2.05, 4.69) is 6.07 Å². The summed E-state index contributed by atoms with van der Waals surface area (Å²) in [5.74, 6) is -1.90. The van der Waals surface area contributed by atoms with Gasteiger partial charge in [-0.05, 0) is 23.8 Å². The molecule has 8 heteroatoms. The molecule has 0 unspecified atom stereocenters. The second kappa shape index (κ2) is 7.50. The Morgan fingerprint density at radius 1 is 1.04 bits per heavy atom. The summed E-state index contributed by atoms with van der Waals surface area (Å²) in [6.45, 7) is 1.87. The van der Waals surface area contributed by atoms with Crippen LogP contribution in [0.2, 0.25) is 0 Å². The lowest BCUT2D eigenvalue weighted by atomic mass is 10.1. The first-order chi connectivity index (χ1) is 12.4. The molecule has 5 nitrogen and oxygen atoms in total. The Hall–Kier alpha value is -2.34. The third-order valence-electron chi connectivity index (χ3n) is 4.37. The van der Waals surface area contributed by atoms with Gasteiger partial charge in [0.2, 0.25) is 10.0 Å². The molecule has 26 heavy (non-hydrogen) atoms. The van der Waals surface area contributed by atoms with Crippen molar-refractivity contribution in [3.05, 3.63) is 65.2 Å². The molecule has 1 fully saturated rings. The van der Waals surface area contributed by atoms with Gasteiger partial charge < -0.3 is 0 Å². The highest BCUT2D eigenvalue weighted by Gasteiger charge is 2.30. The smallest absolute Gasteiger partial charge is 0.246 e. The van der Waals surface area contributed by atoms with Crippen molar-refractivity contribution in [3.8, 4) is 6.07 Å². The van der Waals surface area contributed by atoms with Crippen LogP contribution in [0.1, 0.15) is 11.1 Å². The van der Waals surface area contributed by atoms with Gasteiger partial charge in [-0.15, -0.1) is 0 Å². The van der Waals surface area contributed by atoms with Crippen LogP contribution in [0.25, 0.3) is 0 Å². The highest BCUT2D eigenvalue weighted by molar-refractivity contribution is 7.89. The highest BCUT2D eigenvalue weighted by Crippen LogP contribution is 2.22. The summed E-state index contributed by atoms with van der Waals surface area (Å²) >= 11 is 0. The van der Waals surface area contributed by atoms with Crippen molar-refractivity contribution in [2.75, 3.05) is 26.2 Å². The summed E-state index contributed by atoms with van der Waals surface area (Å²) in [6, 6.07) is 11.9. The zero-order valence-corrected chi connectivity index (χ0v) is 14.7. The minimum Gasteiger partial charge on any atom is -0.296 e. The first kappa shape index (κ1) is 18.5. The molecule has 1 saturated heterocycles. The van der Waals surface area contributed by atoms with Crippen LogP contribution in [0, 0.1) is 23.0 Å². The molecule has 2 aromatic rings. The third-order valence-corrected chi connectivity index (χ3v) is 6.31. The van der Waals surface area contributed by atoms with Crippen LogP contribution in [-0.2, 0) is 16.6 Å². The monoisotopic (exact) mass is 377 g/mol. The van der Waals surface area contributed by atoms with Gasteiger partial charge in [-0.3, -0.25) is 4.90 Å². The fraction of sp³-hybridized carbons (Fsp3) is 0.278. The molecule has 0 aromatic heterocycles. The summed E-state index contributed by atoms with van der Waals surface area (Å²) in [7, 11) is -4.01. The molecule has 0 aliphatic carbocycles. The van der Waals surface area contributed by atoms with E-state index in [9.17, 15) is 17.2 Å². The van der Waals surface area contributed by atoms with Crippen LogP contribution >= 0.6 is 0 Å². The fourth-order valence-electron chi connectivity index (χ4n) is 2.96. The minimum absolute atomic E-state index is 0.202. The summed E-state index contributed by atoms with van der Waals surface area (Å²) in [5, 5.41) is 9.15. The molecule has 3 rings (SSSR count). The van der Waals surface area contributed by atoms with Gasteiger partial charge in [0.15, 0.2) is 0 Å². The van der Waals surface area contributed by atoms with Crippen LogP contribution in [0.15, 0.2) is 47.4 Å². The number of sulfonamides is 1. The zero-order chi connectivity index (χ0) is 18.7. The van der Waals surface area contributed by atoms with Gasteiger partial charge in [0.05, 0.1) is 11.6 Å². The van der Waals surface area contributed by atoms with Crippen LogP contribution in [0.5, 0.6) is 0 Å². The molecular formula is C18H17F2N3O2S. The van der Waals surface area contributed by atoms with E-state index in [4.69, 9.17) is 5.26 Å². The van der Waals surface area contributed by atoms with E-state index in [-0.39, 0.29) is 13.1 Å². The van der Waals surface area contributed by atoms with Crippen molar-refractivity contribution in [3.63, 3.8) is 0 Å². The average Bonchev–Trinajstić information content (AvgIpc) is 2.62. The molecule has 136 valence electrons. The molecule has 0 atom stereocenters. The van der Waals surface area contributed by atoms with Crippen LogP contribution < -0.4 is 0 Å². The lowest BCUT2D eigenvalue weighted by Crippen LogP contribution is -2.48. The lowest BCUT2D eigenvalue weighted by Gasteiger charge is -2.34. The minimum atomic E-state index is -4.01. The number of halogens is 2. The first-order valence-electron chi connectivity index (χ1n) is 8.07. The quantitative estimate of drug-likeness (QED) is 0.821. The molecule has 0 bridgehead atoms. The second-order valence-electron chi connectivity index (χ2n) is 6.02. The number of rotatable bonds is 4. The molecule has 0 saturated carbocycles. The van der Waals surface area contributed by atoms with E-state index >= 15 is 0 Å². The van der Waals surface area contributed by atoms with Crippen molar-refractivity contribution >= 4 is 10.0 Å². The van der Waals surface area contributed by atoms with Gasteiger partial charge >= 0.3 is 0 Å². The largest absolute Gasteiger partial charge is 0.296 e. The van der Waals surface area contributed by atoms with Crippen LogP contribution in [-0.4, -0.2) is 43.8 Å². The van der Waals surface area contributed by atoms with Gasteiger partial charge in [0.25, 0.3) is 0 Å². The second-order valence-corrected chi connectivity index (χ2v) is 7.93. The van der Waals surface area contributed by atoms with Crippen molar-refractivity contribution in [1.82, 2.24) is 9.21 Å². The molecule has 1 aliphatic rings. The number of benzene rings is 2. The maximum atomic E-state index is 13.9. The number of piperazine rings is 1. The molecule has 0 spiro atoms. The molecule has 0 radical (unpaired) electrons. The van der Waals surface area contributed by atoms with Crippen molar-refractivity contribution in [1.29, 1.82) is 5.26 Å². The van der Waals surface area contributed by atoms with E-state index < -0.39 is 26.6 Å². The Morgan fingerprint density at radius 2 is 1.73 bits per heavy atom. The molecule has 0 N–H and O–H groups in total. The number of nitrogens with zero attached hydrogens (tertiary/aromatic N) is 3. The Bertz CT molecular complexity index is 949.